The zero-order valence-corrected chi connectivity index (χ0v) is 13.4. The van der Waals surface area contributed by atoms with Crippen LogP contribution in [0.25, 0.3) is 0 Å². The van der Waals surface area contributed by atoms with Gasteiger partial charge in [-0.25, -0.2) is 9.59 Å². The van der Waals surface area contributed by atoms with Crippen molar-refractivity contribution in [2.75, 3.05) is 6.54 Å². The highest BCUT2D eigenvalue weighted by molar-refractivity contribution is 5.81. The highest BCUT2D eigenvalue weighted by Crippen LogP contribution is 2.28. The summed E-state index contributed by atoms with van der Waals surface area (Å²) in [6.45, 7) is 5.69. The number of ether oxygens (including phenoxy) is 1. The van der Waals surface area contributed by atoms with Crippen molar-refractivity contribution in [3.8, 4) is 0 Å². The predicted molar refractivity (Wildman–Crippen MR) is 86.1 cm³/mol. The van der Waals surface area contributed by atoms with Crippen molar-refractivity contribution >= 4 is 12.1 Å². The van der Waals surface area contributed by atoms with E-state index in [1.165, 1.54) is 4.90 Å². The van der Waals surface area contributed by atoms with Gasteiger partial charge in [0.25, 0.3) is 0 Å². The Morgan fingerprint density at radius 1 is 1.43 bits per heavy atom. The van der Waals surface area contributed by atoms with Crippen LogP contribution in [0.3, 0.4) is 0 Å². The van der Waals surface area contributed by atoms with E-state index in [4.69, 9.17) is 4.74 Å². The molecule has 2 atom stereocenters. The number of carbonyl (C=O) groups excluding carboxylic acids is 1. The van der Waals surface area contributed by atoms with Crippen molar-refractivity contribution in [2.45, 2.75) is 52.7 Å². The van der Waals surface area contributed by atoms with E-state index in [-0.39, 0.29) is 13.3 Å². The SMILES string of the molecule is C.Cn1nccc1C[C@H]1C[C@@H](C(=O)O)N(C(=O)OC(C)(C)C)C1. The first-order valence-electron chi connectivity index (χ1n) is 7.36. The fourth-order valence-electron chi connectivity index (χ4n) is 2.72. The molecule has 23 heavy (non-hydrogen) atoms. The van der Waals surface area contributed by atoms with Gasteiger partial charge < -0.3 is 9.84 Å². The molecule has 1 amide bonds. The van der Waals surface area contributed by atoms with E-state index in [1.54, 1.807) is 31.6 Å². The van der Waals surface area contributed by atoms with Gasteiger partial charge in [-0.2, -0.15) is 5.10 Å². The van der Waals surface area contributed by atoms with Crippen LogP contribution in [0.5, 0.6) is 0 Å². The summed E-state index contributed by atoms with van der Waals surface area (Å²) in [4.78, 5) is 25.0. The zero-order chi connectivity index (χ0) is 16.5. The van der Waals surface area contributed by atoms with E-state index in [1.807, 2.05) is 13.1 Å². The predicted octanol–water partition coefficient (Wildman–Crippen LogP) is 2.31. The molecule has 1 N–H and O–H groups in total. The smallest absolute Gasteiger partial charge is 0.411 e. The molecule has 1 aromatic rings. The number of amides is 1. The summed E-state index contributed by atoms with van der Waals surface area (Å²) in [5.74, 6) is -0.901. The molecule has 0 aromatic carbocycles. The van der Waals surface area contributed by atoms with Gasteiger partial charge in [-0.15, -0.1) is 0 Å². The largest absolute Gasteiger partial charge is 0.480 e. The van der Waals surface area contributed by atoms with Crippen LogP contribution in [0.4, 0.5) is 4.79 Å². The van der Waals surface area contributed by atoms with Crippen molar-refractivity contribution in [1.29, 1.82) is 0 Å². The molecule has 130 valence electrons. The number of nitrogens with zero attached hydrogens (tertiary/aromatic N) is 3. The summed E-state index contributed by atoms with van der Waals surface area (Å²) in [6.07, 6.45) is 2.27. The Morgan fingerprint density at radius 2 is 2.09 bits per heavy atom. The lowest BCUT2D eigenvalue weighted by Gasteiger charge is -2.26. The summed E-state index contributed by atoms with van der Waals surface area (Å²) in [6, 6.07) is 1.08. The summed E-state index contributed by atoms with van der Waals surface area (Å²) >= 11 is 0. The second-order valence-corrected chi connectivity index (χ2v) is 6.74. The van der Waals surface area contributed by atoms with Gasteiger partial charge in [0.2, 0.25) is 0 Å². The molecule has 0 saturated carbocycles. The van der Waals surface area contributed by atoms with Crippen molar-refractivity contribution < 1.29 is 19.4 Å². The minimum atomic E-state index is -0.988. The third-order valence-corrected chi connectivity index (χ3v) is 3.72. The Hall–Kier alpha value is -2.05. The van der Waals surface area contributed by atoms with Gasteiger partial charge in [0, 0.05) is 25.5 Å². The van der Waals surface area contributed by atoms with Crippen LogP contribution in [-0.4, -0.2) is 50.0 Å². The number of aromatic nitrogens is 2. The first kappa shape index (κ1) is 19.0. The summed E-state index contributed by atoms with van der Waals surface area (Å²) in [5.41, 5.74) is 0.389. The van der Waals surface area contributed by atoms with Gasteiger partial charge in [-0.1, -0.05) is 7.43 Å². The van der Waals surface area contributed by atoms with Crippen LogP contribution in [0, 0.1) is 5.92 Å². The lowest BCUT2D eigenvalue weighted by atomic mass is 10.00. The maximum Gasteiger partial charge on any atom is 0.411 e. The quantitative estimate of drug-likeness (QED) is 0.922. The lowest BCUT2D eigenvalue weighted by Crippen LogP contribution is -2.43. The van der Waals surface area contributed by atoms with E-state index >= 15 is 0 Å². The number of hydrogen-bond donors (Lipinski definition) is 1. The van der Waals surface area contributed by atoms with Crippen molar-refractivity contribution in [3.05, 3.63) is 18.0 Å². The van der Waals surface area contributed by atoms with E-state index in [0.29, 0.717) is 19.4 Å². The molecule has 7 nitrogen and oxygen atoms in total. The molecular formula is C16H27N3O4. The number of hydrogen-bond acceptors (Lipinski definition) is 4. The van der Waals surface area contributed by atoms with Crippen molar-refractivity contribution in [2.24, 2.45) is 13.0 Å². The first-order chi connectivity index (χ1) is 10.2. The normalized spacial score (nSPS) is 21.0. The van der Waals surface area contributed by atoms with Crippen LogP contribution >= 0.6 is 0 Å². The van der Waals surface area contributed by atoms with E-state index in [9.17, 15) is 14.7 Å². The molecule has 1 fully saturated rings. The number of carboxylic acid groups (broad SMARTS) is 1. The van der Waals surface area contributed by atoms with Gasteiger partial charge in [0.15, 0.2) is 0 Å². The monoisotopic (exact) mass is 325 g/mol. The van der Waals surface area contributed by atoms with Gasteiger partial charge in [0.05, 0.1) is 0 Å². The van der Waals surface area contributed by atoms with Crippen LogP contribution < -0.4 is 0 Å². The Bertz CT molecular complexity index is 562. The molecule has 0 radical (unpaired) electrons. The van der Waals surface area contributed by atoms with Crippen LogP contribution in [-0.2, 0) is 23.0 Å². The maximum absolute atomic E-state index is 12.2. The van der Waals surface area contributed by atoms with Crippen molar-refractivity contribution in [1.82, 2.24) is 14.7 Å². The average molecular weight is 325 g/mol. The molecule has 2 rings (SSSR count). The Kier molecular flexibility index (Phi) is 5.80. The number of likely N-dealkylation sites (tertiary alicyclic amines) is 1. The van der Waals surface area contributed by atoms with Crippen molar-refractivity contribution in [3.63, 3.8) is 0 Å². The third kappa shape index (κ3) is 4.71. The van der Waals surface area contributed by atoms with Gasteiger partial charge >= 0.3 is 12.1 Å². The number of rotatable bonds is 3. The Balaban J connectivity index is 0.00000264. The summed E-state index contributed by atoms with van der Waals surface area (Å²) in [5, 5.41) is 13.5. The minimum absolute atomic E-state index is 0. The molecule has 1 aliphatic heterocycles. The van der Waals surface area contributed by atoms with Gasteiger partial charge in [0.1, 0.15) is 11.6 Å². The highest BCUT2D eigenvalue weighted by atomic mass is 16.6. The second-order valence-electron chi connectivity index (χ2n) is 6.74. The number of carbonyl (C=O) groups is 2. The number of aliphatic carboxylic acids is 1. The standard InChI is InChI=1S/C15H23N3O4.CH4/c1-15(2,3)22-14(21)18-9-10(8-12(18)13(19)20)7-11-5-6-16-17(11)4;/h5-6,10,12H,7-9H2,1-4H3,(H,19,20);1H4/t10-,12-;/m0./s1. The third-order valence-electron chi connectivity index (χ3n) is 3.72. The fourth-order valence-corrected chi connectivity index (χ4v) is 2.72. The highest BCUT2D eigenvalue weighted by Gasteiger charge is 2.41. The molecule has 1 aromatic heterocycles. The van der Waals surface area contributed by atoms with Gasteiger partial charge in [-0.3, -0.25) is 9.58 Å². The maximum atomic E-state index is 12.2. The molecule has 1 saturated heterocycles. The van der Waals surface area contributed by atoms with E-state index in [0.717, 1.165) is 5.69 Å². The van der Waals surface area contributed by atoms with Crippen LogP contribution in [0.15, 0.2) is 12.3 Å². The van der Waals surface area contributed by atoms with Gasteiger partial charge in [-0.05, 0) is 45.6 Å². The van der Waals surface area contributed by atoms with Crippen LogP contribution in [0.1, 0.15) is 40.3 Å². The Morgan fingerprint density at radius 3 is 2.57 bits per heavy atom. The number of aryl methyl sites for hydroxylation is 1. The topological polar surface area (TPSA) is 84.7 Å². The molecule has 7 heteroatoms. The second kappa shape index (κ2) is 7.02. The molecule has 1 aliphatic rings. The molecule has 0 bridgehead atoms. The van der Waals surface area contributed by atoms with Crippen LogP contribution in [0.2, 0.25) is 0 Å². The average Bonchev–Trinajstić information content (AvgIpc) is 2.95. The lowest BCUT2D eigenvalue weighted by molar-refractivity contribution is -0.142. The first-order valence-corrected chi connectivity index (χ1v) is 7.36. The summed E-state index contributed by atoms with van der Waals surface area (Å²) < 4.78 is 7.09. The molecule has 2 heterocycles. The van der Waals surface area contributed by atoms with E-state index in [2.05, 4.69) is 5.10 Å². The molecule has 0 unspecified atom stereocenters. The number of carboxylic acids is 1. The molecule has 0 spiro atoms. The van der Waals surface area contributed by atoms with E-state index < -0.39 is 23.7 Å². The molecule has 0 aliphatic carbocycles. The minimum Gasteiger partial charge on any atom is -0.480 e. The molecular weight excluding hydrogens is 298 g/mol. The Labute approximate surface area is 137 Å². The summed E-state index contributed by atoms with van der Waals surface area (Å²) in [7, 11) is 1.85. The zero-order valence-electron chi connectivity index (χ0n) is 13.4. The fraction of sp³-hybridized carbons (Fsp3) is 0.688.